The van der Waals surface area contributed by atoms with Gasteiger partial charge in [-0.15, -0.1) is 5.10 Å². The zero-order valence-corrected chi connectivity index (χ0v) is 14.6. The fraction of sp³-hybridized carbons (Fsp3) is 0.0556. The Balaban J connectivity index is 2.04. The number of carbonyl (C=O) groups is 1. The summed E-state index contributed by atoms with van der Waals surface area (Å²) in [5.74, 6) is -0.969. The first-order chi connectivity index (χ1) is 12.5. The molecule has 7 nitrogen and oxygen atoms in total. The maximum Gasteiger partial charge on any atom is 0.349 e. The number of methoxy groups -OCH3 is 1. The van der Waals surface area contributed by atoms with E-state index in [-0.39, 0.29) is 10.6 Å². The molecule has 0 unspecified atom stereocenters. The van der Waals surface area contributed by atoms with Crippen LogP contribution < -0.4 is 0 Å². The average molecular weight is 369 g/mol. The smallest absolute Gasteiger partial charge is 0.349 e. The molecule has 0 saturated heterocycles. The van der Waals surface area contributed by atoms with Gasteiger partial charge in [-0.1, -0.05) is 41.6 Å². The lowest BCUT2D eigenvalue weighted by atomic mass is 10.3. The predicted molar refractivity (Wildman–Crippen MR) is 95.0 cm³/mol. The Bertz CT molecular complexity index is 1040. The fourth-order valence-electron chi connectivity index (χ4n) is 2.26. The van der Waals surface area contributed by atoms with E-state index in [2.05, 4.69) is 15.0 Å². The average Bonchev–Trinajstić information content (AvgIpc) is 3.15. The minimum Gasteiger partial charge on any atom is -0.465 e. The van der Waals surface area contributed by atoms with Crippen molar-refractivity contribution in [1.82, 2.24) is 15.0 Å². The second kappa shape index (κ2) is 7.32. The van der Waals surface area contributed by atoms with Crippen molar-refractivity contribution in [3.05, 3.63) is 77.5 Å². The molecule has 0 aliphatic carbocycles. The number of hydrogen-bond acceptors (Lipinski definition) is 6. The number of aromatic nitrogens is 3. The fourth-order valence-corrected chi connectivity index (χ4v) is 3.61. The first-order valence-electron chi connectivity index (χ1n) is 7.60. The van der Waals surface area contributed by atoms with Crippen molar-refractivity contribution in [2.75, 3.05) is 7.11 Å². The maximum absolute atomic E-state index is 12.8. The molecule has 0 saturated carbocycles. The highest BCUT2D eigenvalue weighted by atomic mass is 32.2. The van der Waals surface area contributed by atoms with E-state index in [0.29, 0.717) is 0 Å². The molecule has 0 N–H and O–H groups in total. The van der Waals surface area contributed by atoms with E-state index >= 15 is 0 Å². The number of ether oxygens (including phenoxy) is 1. The van der Waals surface area contributed by atoms with E-state index < -0.39 is 20.7 Å². The van der Waals surface area contributed by atoms with Crippen molar-refractivity contribution in [2.45, 2.75) is 4.90 Å². The summed E-state index contributed by atoms with van der Waals surface area (Å²) in [4.78, 5) is 11.6. The molecule has 132 valence electrons. The van der Waals surface area contributed by atoms with Gasteiger partial charge in [0.2, 0.25) is 9.84 Å². The third-order valence-corrected chi connectivity index (χ3v) is 5.30. The SMILES string of the molecule is COC(=O)/C(=C/c1cn(-c2ccccc2)nn1)S(=O)(=O)c1ccccc1. The van der Waals surface area contributed by atoms with Crippen LogP contribution in [0.4, 0.5) is 0 Å². The number of benzene rings is 2. The van der Waals surface area contributed by atoms with Crippen LogP contribution in [0, 0.1) is 0 Å². The Kier molecular flexibility index (Phi) is 4.94. The van der Waals surface area contributed by atoms with E-state index in [0.717, 1.165) is 18.9 Å². The molecular formula is C18H15N3O4S. The molecule has 0 spiro atoms. The van der Waals surface area contributed by atoms with Gasteiger partial charge in [-0.25, -0.2) is 17.9 Å². The van der Waals surface area contributed by atoms with Crippen molar-refractivity contribution in [2.24, 2.45) is 0 Å². The van der Waals surface area contributed by atoms with Crippen LogP contribution in [0.5, 0.6) is 0 Å². The lowest BCUT2D eigenvalue weighted by Crippen LogP contribution is -2.15. The van der Waals surface area contributed by atoms with Crippen LogP contribution in [0.25, 0.3) is 11.8 Å². The standard InChI is InChI=1S/C18H15N3O4S/c1-25-18(22)17(26(23,24)16-10-6-3-7-11-16)12-14-13-21(20-19-14)15-8-4-2-5-9-15/h2-13H,1H3/b17-12-. The molecule has 1 heterocycles. The second-order valence-electron chi connectivity index (χ2n) is 5.24. The minimum absolute atomic E-state index is 0.00731. The quantitative estimate of drug-likeness (QED) is 0.506. The lowest BCUT2D eigenvalue weighted by Gasteiger charge is -2.06. The van der Waals surface area contributed by atoms with Gasteiger partial charge in [0.15, 0.2) is 4.91 Å². The molecule has 0 amide bonds. The molecule has 8 heteroatoms. The largest absolute Gasteiger partial charge is 0.465 e. The summed E-state index contributed by atoms with van der Waals surface area (Å²) in [6.07, 6.45) is 2.68. The van der Waals surface area contributed by atoms with E-state index in [9.17, 15) is 13.2 Å². The molecule has 0 radical (unpaired) electrons. The number of rotatable bonds is 5. The highest BCUT2D eigenvalue weighted by Gasteiger charge is 2.28. The Morgan fingerprint density at radius 3 is 2.27 bits per heavy atom. The van der Waals surface area contributed by atoms with Crippen LogP contribution in [0.3, 0.4) is 0 Å². The van der Waals surface area contributed by atoms with Crippen LogP contribution in [-0.4, -0.2) is 36.5 Å². The topological polar surface area (TPSA) is 91.2 Å². The number of nitrogens with zero attached hydrogens (tertiary/aromatic N) is 3. The Morgan fingerprint density at radius 1 is 1.04 bits per heavy atom. The summed E-state index contributed by atoms with van der Waals surface area (Å²) in [5.41, 5.74) is 0.971. The second-order valence-corrected chi connectivity index (χ2v) is 7.16. The van der Waals surface area contributed by atoms with Gasteiger partial charge in [0.05, 0.1) is 23.9 Å². The zero-order chi connectivity index (χ0) is 18.6. The number of hydrogen-bond donors (Lipinski definition) is 0. The van der Waals surface area contributed by atoms with E-state index in [1.165, 1.54) is 23.0 Å². The Morgan fingerprint density at radius 2 is 1.65 bits per heavy atom. The van der Waals surface area contributed by atoms with Gasteiger partial charge in [0.25, 0.3) is 0 Å². The summed E-state index contributed by atoms with van der Waals surface area (Å²) >= 11 is 0. The minimum atomic E-state index is -4.06. The molecule has 1 aromatic heterocycles. The number of sulfone groups is 1. The van der Waals surface area contributed by atoms with Gasteiger partial charge in [-0.2, -0.15) is 0 Å². The maximum atomic E-state index is 12.8. The number of para-hydroxylation sites is 1. The molecule has 0 fully saturated rings. The summed E-state index contributed by atoms with van der Waals surface area (Å²) < 4.78 is 31.7. The van der Waals surface area contributed by atoms with Gasteiger partial charge in [0.1, 0.15) is 5.69 Å². The third-order valence-electron chi connectivity index (χ3n) is 3.54. The molecule has 0 aliphatic heterocycles. The zero-order valence-electron chi connectivity index (χ0n) is 13.8. The monoisotopic (exact) mass is 369 g/mol. The van der Waals surface area contributed by atoms with Crippen molar-refractivity contribution < 1.29 is 17.9 Å². The first-order valence-corrected chi connectivity index (χ1v) is 9.08. The van der Waals surface area contributed by atoms with E-state index in [1.807, 2.05) is 30.3 Å². The van der Waals surface area contributed by atoms with Gasteiger partial charge >= 0.3 is 5.97 Å². The van der Waals surface area contributed by atoms with Gasteiger partial charge < -0.3 is 4.74 Å². The predicted octanol–water partition coefficient (Wildman–Crippen LogP) is 2.26. The van der Waals surface area contributed by atoms with Crippen LogP contribution in [-0.2, 0) is 19.4 Å². The number of esters is 1. The van der Waals surface area contributed by atoms with Crippen LogP contribution in [0.1, 0.15) is 5.69 Å². The summed E-state index contributed by atoms with van der Waals surface area (Å²) in [7, 11) is -2.93. The molecular weight excluding hydrogens is 354 g/mol. The molecule has 0 aliphatic rings. The molecule has 0 bridgehead atoms. The van der Waals surface area contributed by atoms with Gasteiger partial charge in [-0.3, -0.25) is 0 Å². The summed E-state index contributed by atoms with van der Waals surface area (Å²) in [5, 5.41) is 7.88. The molecule has 0 atom stereocenters. The van der Waals surface area contributed by atoms with Crippen LogP contribution in [0.2, 0.25) is 0 Å². The summed E-state index contributed by atoms with van der Waals surface area (Å²) in [6.45, 7) is 0. The van der Waals surface area contributed by atoms with Crippen molar-refractivity contribution in [3.8, 4) is 5.69 Å². The van der Waals surface area contributed by atoms with Crippen molar-refractivity contribution >= 4 is 21.9 Å². The Labute approximate surface area is 150 Å². The first kappa shape index (κ1) is 17.6. The van der Waals surface area contributed by atoms with Gasteiger partial charge in [0, 0.05) is 0 Å². The number of carbonyl (C=O) groups excluding carboxylic acids is 1. The highest BCUT2D eigenvalue weighted by Crippen LogP contribution is 2.22. The Hall–Kier alpha value is -3.26. The van der Waals surface area contributed by atoms with Gasteiger partial charge in [-0.05, 0) is 30.3 Å². The lowest BCUT2D eigenvalue weighted by molar-refractivity contribution is -0.135. The van der Waals surface area contributed by atoms with Crippen LogP contribution in [0.15, 0.2) is 76.7 Å². The third kappa shape index (κ3) is 3.55. The van der Waals surface area contributed by atoms with Crippen LogP contribution >= 0.6 is 0 Å². The highest BCUT2D eigenvalue weighted by molar-refractivity contribution is 7.96. The molecule has 3 aromatic rings. The van der Waals surface area contributed by atoms with E-state index in [4.69, 9.17) is 0 Å². The molecule has 3 rings (SSSR count). The normalized spacial score (nSPS) is 12.0. The van der Waals surface area contributed by atoms with E-state index in [1.54, 1.807) is 18.2 Å². The molecule has 2 aromatic carbocycles. The van der Waals surface area contributed by atoms with Crippen molar-refractivity contribution in [3.63, 3.8) is 0 Å². The summed E-state index contributed by atoms with van der Waals surface area (Å²) in [6, 6.07) is 16.8. The van der Waals surface area contributed by atoms with Crippen molar-refractivity contribution in [1.29, 1.82) is 0 Å². The molecule has 26 heavy (non-hydrogen) atoms.